The number of aliphatic hydroxyl groups is 2. The van der Waals surface area contributed by atoms with Crippen LogP contribution >= 0.6 is 0 Å². The molecule has 3 rings (SSSR count). The monoisotopic (exact) mass is 512 g/mol. The van der Waals surface area contributed by atoms with Crippen LogP contribution in [0.15, 0.2) is 22.7 Å². The van der Waals surface area contributed by atoms with E-state index in [2.05, 4.69) is 39.3 Å². The number of anilines is 1. The molecule has 1 aromatic carbocycles. The molecule has 0 bridgehead atoms. The maximum atomic E-state index is 11.2. The molecule has 0 fully saturated rings. The molecule has 0 spiro atoms. The molecule has 37 heavy (non-hydrogen) atoms. The van der Waals surface area contributed by atoms with E-state index in [1.54, 1.807) is 0 Å². The van der Waals surface area contributed by atoms with Gasteiger partial charge < -0.3 is 29.7 Å². The van der Waals surface area contributed by atoms with E-state index in [1.165, 1.54) is 0 Å². The third-order valence-corrected chi connectivity index (χ3v) is 5.56. The zero-order valence-corrected chi connectivity index (χ0v) is 22.3. The number of carbonyl (C=O) groups excluding carboxylic acids is 1. The maximum Gasteiger partial charge on any atom is 0.258 e. The van der Waals surface area contributed by atoms with Crippen molar-refractivity contribution in [2.75, 3.05) is 38.3 Å². The van der Waals surface area contributed by atoms with Gasteiger partial charge in [0.2, 0.25) is 17.7 Å². The van der Waals surface area contributed by atoms with Crippen molar-refractivity contribution in [2.24, 2.45) is 5.92 Å². The summed E-state index contributed by atoms with van der Waals surface area (Å²) < 4.78 is 11.5. The Balaban J connectivity index is 1.80. The van der Waals surface area contributed by atoms with Crippen molar-refractivity contribution in [3.05, 3.63) is 35.0 Å². The van der Waals surface area contributed by atoms with Gasteiger partial charge in [-0.1, -0.05) is 25.9 Å². The molecule has 2 heterocycles. The smallest absolute Gasteiger partial charge is 0.258 e. The Bertz CT molecular complexity index is 1210. The number of nitrogens with one attached hydrogen (secondary N) is 1. The van der Waals surface area contributed by atoms with E-state index in [-0.39, 0.29) is 13.2 Å². The second-order valence-electron chi connectivity index (χ2n) is 9.45. The quantitative estimate of drug-likeness (QED) is 0.330. The number of benzene rings is 1. The van der Waals surface area contributed by atoms with Crippen molar-refractivity contribution in [2.45, 2.75) is 47.1 Å². The molecule has 1 amide bonds. The van der Waals surface area contributed by atoms with Gasteiger partial charge in [0.05, 0.1) is 0 Å². The molecule has 0 aliphatic rings. The van der Waals surface area contributed by atoms with Crippen LogP contribution < -0.4 is 15.0 Å². The van der Waals surface area contributed by atoms with E-state index in [0.717, 1.165) is 28.9 Å². The summed E-state index contributed by atoms with van der Waals surface area (Å²) in [5, 5.41) is 25.5. The summed E-state index contributed by atoms with van der Waals surface area (Å²) in [5.74, 6) is 1.92. The zero-order valence-electron chi connectivity index (χ0n) is 22.3. The number of aromatic nitrogens is 4. The van der Waals surface area contributed by atoms with Crippen molar-refractivity contribution in [3.63, 3.8) is 0 Å². The molecule has 0 saturated heterocycles. The Hall–Kier alpha value is -3.57. The van der Waals surface area contributed by atoms with E-state index in [0.29, 0.717) is 41.4 Å². The highest BCUT2D eigenvalue weighted by Gasteiger charge is 2.18. The lowest BCUT2D eigenvalue weighted by molar-refractivity contribution is -0.124. The van der Waals surface area contributed by atoms with Gasteiger partial charge in [-0.2, -0.15) is 4.98 Å². The number of nitrogens with zero attached hydrogens (tertiary/aromatic N) is 5. The average Bonchev–Trinajstić information content (AvgIpc) is 3.35. The summed E-state index contributed by atoms with van der Waals surface area (Å²) in [6.45, 7) is 10.3. The van der Waals surface area contributed by atoms with Gasteiger partial charge in [0.1, 0.15) is 30.8 Å². The highest BCUT2D eigenvalue weighted by molar-refractivity contribution is 5.76. The highest BCUT2D eigenvalue weighted by Crippen LogP contribution is 2.31. The first-order valence-corrected chi connectivity index (χ1v) is 12.3. The second-order valence-corrected chi connectivity index (χ2v) is 9.45. The van der Waals surface area contributed by atoms with Gasteiger partial charge in [0, 0.05) is 31.4 Å². The third-order valence-electron chi connectivity index (χ3n) is 5.56. The predicted octanol–water partition coefficient (Wildman–Crippen LogP) is 2.31. The number of hydrogen-bond donors (Lipinski definition) is 3. The van der Waals surface area contributed by atoms with Crippen LogP contribution in [0.5, 0.6) is 5.75 Å². The van der Waals surface area contributed by atoms with E-state index in [9.17, 15) is 9.90 Å². The summed E-state index contributed by atoms with van der Waals surface area (Å²) >= 11 is 0. The Labute approximate surface area is 216 Å². The molecule has 11 nitrogen and oxygen atoms in total. The summed E-state index contributed by atoms with van der Waals surface area (Å²) in [4.78, 5) is 27.0. The molecule has 3 aromatic rings. The molecular formula is C26H36N6O5. The number of aryl methyl sites for hydroxylation is 3. The van der Waals surface area contributed by atoms with Crippen LogP contribution in [0, 0.1) is 19.8 Å². The minimum Gasteiger partial charge on any atom is -0.490 e. The first-order chi connectivity index (χ1) is 17.6. The van der Waals surface area contributed by atoms with Gasteiger partial charge in [-0.05, 0) is 55.5 Å². The summed E-state index contributed by atoms with van der Waals surface area (Å²) in [5.41, 5.74) is 3.90. The first kappa shape index (κ1) is 28.0. The van der Waals surface area contributed by atoms with Crippen LogP contribution in [-0.2, 0) is 11.2 Å². The SMILES string of the molecule is CCc1cc(-c2nc(-c3cc(C)nc(N(C)CC(C)C)n3)no2)cc(C)c1OCC(O)CNC(=O)CO. The van der Waals surface area contributed by atoms with Gasteiger partial charge in [0.15, 0.2) is 0 Å². The highest BCUT2D eigenvalue weighted by atomic mass is 16.5. The summed E-state index contributed by atoms with van der Waals surface area (Å²) in [6.07, 6.45) is -0.238. The molecule has 1 atom stereocenters. The van der Waals surface area contributed by atoms with Crippen LogP contribution in [0.2, 0.25) is 0 Å². The lowest BCUT2D eigenvalue weighted by Gasteiger charge is -2.19. The van der Waals surface area contributed by atoms with Crippen molar-refractivity contribution in [1.29, 1.82) is 0 Å². The van der Waals surface area contributed by atoms with Gasteiger partial charge in [0.25, 0.3) is 5.89 Å². The van der Waals surface area contributed by atoms with Crippen LogP contribution in [0.1, 0.15) is 37.6 Å². The molecule has 2 aromatic heterocycles. The standard InChI is InChI=1S/C26H36N6O5/c1-7-18-10-19(8-16(4)23(18)36-14-20(34)11-27-22(35)13-33)25-30-24(31-37-25)21-9-17(5)28-26(29-21)32(6)12-15(2)3/h8-10,15,20,33-34H,7,11-14H2,1-6H3,(H,27,35). The summed E-state index contributed by atoms with van der Waals surface area (Å²) in [6, 6.07) is 5.64. The van der Waals surface area contributed by atoms with Crippen molar-refractivity contribution in [1.82, 2.24) is 25.4 Å². The normalized spacial score (nSPS) is 12.0. The topological polar surface area (TPSA) is 147 Å². The second kappa shape index (κ2) is 12.6. The number of rotatable bonds is 12. The number of ether oxygens (including phenoxy) is 1. The number of aliphatic hydroxyl groups excluding tert-OH is 2. The molecule has 0 aliphatic carbocycles. The Kier molecular flexibility index (Phi) is 9.54. The van der Waals surface area contributed by atoms with Crippen molar-refractivity contribution < 1.29 is 24.3 Å². The maximum absolute atomic E-state index is 11.2. The molecule has 0 aliphatic heterocycles. The van der Waals surface area contributed by atoms with Crippen molar-refractivity contribution in [3.8, 4) is 28.7 Å². The van der Waals surface area contributed by atoms with Crippen LogP contribution in [0.4, 0.5) is 5.95 Å². The molecule has 0 saturated carbocycles. The Morgan fingerprint density at radius 2 is 1.95 bits per heavy atom. The fourth-order valence-corrected chi connectivity index (χ4v) is 3.88. The number of hydrogen-bond acceptors (Lipinski definition) is 10. The van der Waals surface area contributed by atoms with Gasteiger partial charge in [-0.3, -0.25) is 4.79 Å². The van der Waals surface area contributed by atoms with Crippen LogP contribution in [-0.4, -0.2) is 75.7 Å². The van der Waals surface area contributed by atoms with E-state index < -0.39 is 18.6 Å². The molecule has 3 N–H and O–H groups in total. The predicted molar refractivity (Wildman–Crippen MR) is 139 cm³/mol. The first-order valence-electron chi connectivity index (χ1n) is 12.3. The fourth-order valence-electron chi connectivity index (χ4n) is 3.88. The van der Waals surface area contributed by atoms with Gasteiger partial charge >= 0.3 is 0 Å². The molecular weight excluding hydrogens is 476 g/mol. The van der Waals surface area contributed by atoms with E-state index in [4.69, 9.17) is 14.4 Å². The summed E-state index contributed by atoms with van der Waals surface area (Å²) in [7, 11) is 1.96. The zero-order chi connectivity index (χ0) is 27.1. The Morgan fingerprint density at radius 1 is 1.19 bits per heavy atom. The third kappa shape index (κ3) is 7.46. The van der Waals surface area contributed by atoms with Gasteiger partial charge in [-0.15, -0.1) is 0 Å². The molecule has 1 unspecified atom stereocenters. The number of amides is 1. The fraction of sp³-hybridized carbons (Fsp3) is 0.500. The van der Waals surface area contributed by atoms with Crippen LogP contribution in [0.3, 0.4) is 0 Å². The van der Waals surface area contributed by atoms with E-state index >= 15 is 0 Å². The molecule has 0 radical (unpaired) electrons. The lowest BCUT2D eigenvalue weighted by atomic mass is 10.0. The largest absolute Gasteiger partial charge is 0.490 e. The molecule has 200 valence electrons. The minimum absolute atomic E-state index is 0.00967. The molecule has 11 heteroatoms. The van der Waals surface area contributed by atoms with Crippen LogP contribution in [0.25, 0.3) is 23.0 Å². The number of carbonyl (C=O) groups is 1. The van der Waals surface area contributed by atoms with Gasteiger partial charge in [-0.25, -0.2) is 9.97 Å². The Morgan fingerprint density at radius 3 is 2.62 bits per heavy atom. The lowest BCUT2D eigenvalue weighted by Crippen LogP contribution is -2.36. The van der Waals surface area contributed by atoms with E-state index in [1.807, 2.05) is 50.9 Å². The minimum atomic E-state index is -0.918. The average molecular weight is 513 g/mol. The van der Waals surface area contributed by atoms with Crippen molar-refractivity contribution >= 4 is 11.9 Å².